The van der Waals surface area contributed by atoms with E-state index in [1.165, 1.54) is 24.1 Å². The van der Waals surface area contributed by atoms with E-state index < -0.39 is 0 Å². The molecule has 96 valence electrons. The van der Waals surface area contributed by atoms with Gasteiger partial charge in [0.15, 0.2) is 0 Å². The summed E-state index contributed by atoms with van der Waals surface area (Å²) in [5, 5.41) is 3.67. The quantitative estimate of drug-likeness (QED) is 0.816. The highest BCUT2D eigenvalue weighted by Gasteiger charge is 2.40. The molecule has 1 aromatic carbocycles. The molecule has 0 spiro atoms. The monoisotopic (exact) mass is 242 g/mol. The summed E-state index contributed by atoms with van der Waals surface area (Å²) in [6.45, 7) is 1.01. The van der Waals surface area contributed by atoms with E-state index in [-0.39, 0.29) is 0 Å². The van der Waals surface area contributed by atoms with Gasteiger partial charge in [-0.3, -0.25) is 0 Å². The Balaban J connectivity index is 1.58. The fourth-order valence-electron chi connectivity index (χ4n) is 3.17. The third kappa shape index (κ3) is 2.30. The van der Waals surface area contributed by atoms with Crippen LogP contribution in [-0.2, 0) is 6.54 Å². The largest absolute Gasteiger partial charge is 0.382 e. The average molecular weight is 242 g/mol. The maximum Gasteiger partial charge on any atom is 0.0342 e. The molecule has 2 aliphatic rings. The van der Waals surface area contributed by atoms with E-state index in [4.69, 9.17) is 0 Å². The first kappa shape index (κ1) is 11.8. The van der Waals surface area contributed by atoms with Crippen molar-refractivity contribution in [1.82, 2.24) is 4.90 Å². The van der Waals surface area contributed by atoms with Crippen molar-refractivity contribution in [1.29, 1.82) is 0 Å². The summed E-state index contributed by atoms with van der Waals surface area (Å²) >= 11 is 0. The van der Waals surface area contributed by atoms with Gasteiger partial charge in [-0.2, -0.15) is 0 Å². The smallest absolute Gasteiger partial charge is 0.0342 e. The molecule has 0 amide bonds. The summed E-state index contributed by atoms with van der Waals surface area (Å²) in [6, 6.07) is 9.54. The van der Waals surface area contributed by atoms with Crippen molar-refractivity contribution in [2.75, 3.05) is 19.4 Å². The van der Waals surface area contributed by atoms with Crippen molar-refractivity contribution in [3.05, 3.63) is 42.0 Å². The van der Waals surface area contributed by atoms with Gasteiger partial charge in [0, 0.05) is 24.2 Å². The summed E-state index contributed by atoms with van der Waals surface area (Å²) in [4.78, 5) is 2.20. The van der Waals surface area contributed by atoms with Gasteiger partial charge in [-0.25, -0.2) is 0 Å². The van der Waals surface area contributed by atoms with Crippen molar-refractivity contribution in [2.45, 2.75) is 25.4 Å². The molecule has 1 aromatic rings. The highest BCUT2D eigenvalue weighted by molar-refractivity contribution is 5.46. The van der Waals surface area contributed by atoms with Crippen LogP contribution in [0.2, 0.25) is 0 Å². The Morgan fingerprint density at radius 2 is 2.00 bits per heavy atom. The van der Waals surface area contributed by atoms with E-state index in [0.717, 1.165) is 18.4 Å². The van der Waals surface area contributed by atoms with E-state index >= 15 is 0 Å². The number of hydrogen-bond acceptors (Lipinski definition) is 2. The molecule has 0 heterocycles. The van der Waals surface area contributed by atoms with E-state index in [1.54, 1.807) is 0 Å². The number of fused-ring (bicyclic) bond motifs is 1. The Kier molecular flexibility index (Phi) is 3.13. The lowest BCUT2D eigenvalue weighted by Crippen LogP contribution is -2.43. The highest BCUT2D eigenvalue weighted by Crippen LogP contribution is 2.43. The molecule has 2 nitrogen and oxygen atoms in total. The lowest BCUT2D eigenvalue weighted by atomic mass is 9.71. The van der Waals surface area contributed by atoms with Gasteiger partial charge in [-0.05, 0) is 50.6 Å². The molecule has 1 N–H and O–H groups in total. The molecule has 0 bridgehead atoms. The van der Waals surface area contributed by atoms with Gasteiger partial charge in [0.05, 0.1) is 0 Å². The first-order chi connectivity index (χ1) is 8.72. The predicted molar refractivity (Wildman–Crippen MR) is 76.6 cm³/mol. The lowest BCUT2D eigenvalue weighted by molar-refractivity contribution is 0.218. The molecule has 0 radical (unpaired) electrons. The standard InChI is InChI=1S/C16H22N2/c1-18(2)11-12-6-8-14(9-7-12)17-16-10-13-4-3-5-15(13)16/h3,5-9,13,15-17H,4,10-11H2,1-2H3. The van der Waals surface area contributed by atoms with Crippen LogP contribution in [0.3, 0.4) is 0 Å². The Hall–Kier alpha value is -1.28. The number of benzene rings is 1. The molecule has 2 aliphatic carbocycles. The van der Waals surface area contributed by atoms with Crippen molar-refractivity contribution >= 4 is 5.69 Å². The molecule has 3 unspecified atom stereocenters. The summed E-state index contributed by atoms with van der Waals surface area (Å²) in [5.41, 5.74) is 2.64. The molecule has 1 fully saturated rings. The Morgan fingerprint density at radius 3 is 2.67 bits per heavy atom. The third-order valence-electron chi connectivity index (χ3n) is 4.17. The van der Waals surface area contributed by atoms with Crippen molar-refractivity contribution < 1.29 is 0 Å². The zero-order chi connectivity index (χ0) is 12.5. The van der Waals surface area contributed by atoms with Crippen LogP contribution in [0.1, 0.15) is 18.4 Å². The van der Waals surface area contributed by atoms with Crippen LogP contribution >= 0.6 is 0 Å². The average Bonchev–Trinajstić information content (AvgIpc) is 2.69. The van der Waals surface area contributed by atoms with Gasteiger partial charge in [-0.15, -0.1) is 0 Å². The van der Waals surface area contributed by atoms with Crippen LogP contribution in [0.25, 0.3) is 0 Å². The molecule has 0 saturated heterocycles. The van der Waals surface area contributed by atoms with E-state index in [0.29, 0.717) is 6.04 Å². The molecule has 3 atom stereocenters. The summed E-state index contributed by atoms with van der Waals surface area (Å²) < 4.78 is 0. The number of nitrogens with zero attached hydrogens (tertiary/aromatic N) is 1. The highest BCUT2D eigenvalue weighted by atomic mass is 15.0. The predicted octanol–water partition coefficient (Wildman–Crippen LogP) is 3.12. The van der Waals surface area contributed by atoms with Gasteiger partial charge in [0.25, 0.3) is 0 Å². The summed E-state index contributed by atoms with van der Waals surface area (Å²) in [5.74, 6) is 1.71. The number of hydrogen-bond donors (Lipinski definition) is 1. The second-order valence-electron chi connectivity index (χ2n) is 5.92. The zero-order valence-corrected chi connectivity index (χ0v) is 11.3. The Labute approximate surface area is 110 Å². The number of nitrogens with one attached hydrogen (secondary N) is 1. The van der Waals surface area contributed by atoms with Crippen molar-refractivity contribution in [3.63, 3.8) is 0 Å². The zero-order valence-electron chi connectivity index (χ0n) is 11.3. The SMILES string of the molecule is CN(C)Cc1ccc(NC2CC3CC=CC32)cc1. The first-order valence-electron chi connectivity index (χ1n) is 6.89. The maximum atomic E-state index is 3.67. The molecular formula is C16H22N2. The van der Waals surface area contributed by atoms with Gasteiger partial charge in [0.2, 0.25) is 0 Å². The summed E-state index contributed by atoms with van der Waals surface area (Å²) in [7, 11) is 4.21. The van der Waals surface area contributed by atoms with Gasteiger partial charge < -0.3 is 10.2 Å². The van der Waals surface area contributed by atoms with E-state index in [9.17, 15) is 0 Å². The fourth-order valence-corrected chi connectivity index (χ4v) is 3.17. The van der Waals surface area contributed by atoms with Crippen LogP contribution in [0.4, 0.5) is 5.69 Å². The fraction of sp³-hybridized carbons (Fsp3) is 0.500. The topological polar surface area (TPSA) is 15.3 Å². The number of anilines is 1. The summed E-state index contributed by atoms with van der Waals surface area (Å²) in [6.07, 6.45) is 7.37. The van der Waals surface area contributed by atoms with Gasteiger partial charge in [-0.1, -0.05) is 24.3 Å². The molecule has 1 saturated carbocycles. The number of rotatable bonds is 4. The molecule has 0 aliphatic heterocycles. The maximum absolute atomic E-state index is 3.67. The Morgan fingerprint density at radius 1 is 1.22 bits per heavy atom. The van der Waals surface area contributed by atoms with Crippen LogP contribution in [0, 0.1) is 11.8 Å². The minimum Gasteiger partial charge on any atom is -0.382 e. The molecule has 0 aromatic heterocycles. The van der Waals surface area contributed by atoms with Crippen LogP contribution in [0.5, 0.6) is 0 Å². The third-order valence-corrected chi connectivity index (χ3v) is 4.17. The van der Waals surface area contributed by atoms with E-state index in [2.05, 4.69) is 60.7 Å². The molecule has 18 heavy (non-hydrogen) atoms. The second kappa shape index (κ2) is 4.77. The van der Waals surface area contributed by atoms with Crippen LogP contribution < -0.4 is 5.32 Å². The minimum absolute atomic E-state index is 0.661. The van der Waals surface area contributed by atoms with Crippen molar-refractivity contribution in [2.24, 2.45) is 11.8 Å². The van der Waals surface area contributed by atoms with Crippen LogP contribution in [-0.4, -0.2) is 25.0 Å². The van der Waals surface area contributed by atoms with Crippen LogP contribution in [0.15, 0.2) is 36.4 Å². The normalized spacial score (nSPS) is 29.2. The lowest BCUT2D eigenvalue weighted by Gasteiger charge is -2.41. The van der Waals surface area contributed by atoms with Crippen molar-refractivity contribution in [3.8, 4) is 0 Å². The molecular weight excluding hydrogens is 220 g/mol. The minimum atomic E-state index is 0.661. The van der Waals surface area contributed by atoms with Gasteiger partial charge in [0.1, 0.15) is 0 Å². The number of allylic oxidation sites excluding steroid dienone is 1. The molecule has 2 heteroatoms. The second-order valence-corrected chi connectivity index (χ2v) is 5.92. The molecule has 3 rings (SSSR count). The Bertz CT molecular complexity index is 433. The first-order valence-corrected chi connectivity index (χ1v) is 6.89. The van der Waals surface area contributed by atoms with Gasteiger partial charge >= 0.3 is 0 Å². The van der Waals surface area contributed by atoms with E-state index in [1.807, 2.05) is 0 Å².